The molecule has 0 aromatic heterocycles. The van der Waals surface area contributed by atoms with Crippen molar-refractivity contribution < 1.29 is 6.16 Å². The van der Waals surface area contributed by atoms with Gasteiger partial charge in [0.1, 0.15) is 12.0 Å². The van der Waals surface area contributed by atoms with Crippen LogP contribution in [0.15, 0.2) is 0 Å². The number of rotatable bonds is 8. The van der Waals surface area contributed by atoms with Gasteiger partial charge in [0.05, 0.1) is 0 Å². The first kappa shape index (κ1) is 23.4. The van der Waals surface area contributed by atoms with E-state index >= 15 is 0 Å². The van der Waals surface area contributed by atoms with Crippen molar-refractivity contribution in [2.45, 2.75) is 77.9 Å². The predicted molar refractivity (Wildman–Crippen MR) is 104 cm³/mol. The molecular formula is C17H37NOS2. The van der Waals surface area contributed by atoms with Crippen LogP contribution in [0.1, 0.15) is 69.2 Å². The minimum atomic E-state index is 0. The second kappa shape index (κ2) is 15.1. The molecule has 0 heterocycles. The molecule has 0 aromatic rings. The highest BCUT2D eigenvalue weighted by atomic mass is 33.1. The SMILES string of the molecule is CC.CCC(C)C#CCOC(CCCN)SSC(C)(C)C.[HH]. The lowest BCUT2D eigenvalue weighted by atomic mass is 10.1. The summed E-state index contributed by atoms with van der Waals surface area (Å²) in [5.74, 6) is 6.78. The molecule has 0 radical (unpaired) electrons. The zero-order valence-electron chi connectivity index (χ0n) is 15.0. The molecule has 128 valence electrons. The van der Waals surface area contributed by atoms with E-state index in [1.165, 1.54) is 0 Å². The second-order valence-corrected chi connectivity index (χ2v) is 8.78. The molecule has 2 N–H and O–H groups in total. The standard InChI is InChI=1S/C15H29NOS2.C2H6.H2/c1-6-13(2)9-8-12-17-14(10-7-11-16)18-19-15(3,4)5;1-2;/h13-14H,6-7,10-12,16H2,1-5H3;1-2H3;1H. The maximum absolute atomic E-state index is 5.85. The highest BCUT2D eigenvalue weighted by Gasteiger charge is 2.16. The number of ether oxygens (including phenoxy) is 1. The third-order valence-electron chi connectivity index (χ3n) is 2.35. The van der Waals surface area contributed by atoms with E-state index in [9.17, 15) is 0 Å². The molecule has 0 rings (SSSR count). The van der Waals surface area contributed by atoms with Gasteiger partial charge in [0.2, 0.25) is 0 Å². The molecule has 0 spiro atoms. The number of hydrogen-bond acceptors (Lipinski definition) is 4. The monoisotopic (exact) mass is 335 g/mol. The Morgan fingerprint density at radius 2 is 1.90 bits per heavy atom. The average Bonchev–Trinajstić information content (AvgIpc) is 2.46. The van der Waals surface area contributed by atoms with Crippen molar-refractivity contribution >= 4 is 21.6 Å². The van der Waals surface area contributed by atoms with Crippen molar-refractivity contribution in [3.8, 4) is 11.8 Å². The van der Waals surface area contributed by atoms with Gasteiger partial charge in [0.15, 0.2) is 0 Å². The molecular weight excluding hydrogens is 298 g/mol. The summed E-state index contributed by atoms with van der Waals surface area (Å²) in [5, 5.41) is 0. The molecule has 0 aliphatic rings. The molecule has 0 fully saturated rings. The van der Waals surface area contributed by atoms with E-state index < -0.39 is 0 Å². The predicted octanol–water partition coefficient (Wildman–Crippen LogP) is 5.57. The largest absolute Gasteiger partial charge is 0.354 e. The van der Waals surface area contributed by atoms with Crippen LogP contribution >= 0.6 is 21.6 Å². The van der Waals surface area contributed by atoms with E-state index in [4.69, 9.17) is 10.5 Å². The van der Waals surface area contributed by atoms with Crippen LogP contribution in [0.2, 0.25) is 0 Å². The van der Waals surface area contributed by atoms with Crippen LogP contribution in [0.3, 0.4) is 0 Å². The van der Waals surface area contributed by atoms with Crippen LogP contribution in [0.5, 0.6) is 0 Å². The highest BCUT2D eigenvalue weighted by Crippen LogP contribution is 2.39. The molecule has 2 unspecified atom stereocenters. The first-order chi connectivity index (χ1) is 9.89. The minimum absolute atomic E-state index is 0. The van der Waals surface area contributed by atoms with Crippen molar-refractivity contribution in [3.05, 3.63) is 0 Å². The summed E-state index contributed by atoms with van der Waals surface area (Å²) in [6.07, 6.45) is 3.09. The van der Waals surface area contributed by atoms with Gasteiger partial charge in [-0.15, -0.1) is 0 Å². The zero-order valence-corrected chi connectivity index (χ0v) is 16.6. The summed E-state index contributed by atoms with van der Waals surface area (Å²) in [5.41, 5.74) is 5.77. The van der Waals surface area contributed by atoms with Gasteiger partial charge in [0.25, 0.3) is 0 Å². The second-order valence-electron chi connectivity index (χ2n) is 5.59. The van der Waals surface area contributed by atoms with E-state index in [1.807, 2.05) is 24.6 Å². The summed E-state index contributed by atoms with van der Waals surface area (Å²) in [6, 6.07) is 0. The van der Waals surface area contributed by atoms with Gasteiger partial charge in [-0.3, -0.25) is 0 Å². The third-order valence-corrected chi connectivity index (χ3v) is 5.97. The van der Waals surface area contributed by atoms with Crippen LogP contribution in [-0.2, 0) is 4.74 Å². The Bertz CT molecular complexity index is 285. The molecule has 2 atom stereocenters. The molecule has 0 saturated carbocycles. The van der Waals surface area contributed by atoms with Gasteiger partial charge in [0, 0.05) is 12.1 Å². The summed E-state index contributed by atoms with van der Waals surface area (Å²) >= 11 is 0. The lowest BCUT2D eigenvalue weighted by Crippen LogP contribution is -2.13. The van der Waals surface area contributed by atoms with Gasteiger partial charge >= 0.3 is 0 Å². The van der Waals surface area contributed by atoms with Gasteiger partial charge < -0.3 is 10.5 Å². The van der Waals surface area contributed by atoms with Gasteiger partial charge in [-0.05, 0) is 25.8 Å². The maximum Gasteiger partial charge on any atom is 0.114 e. The Labute approximate surface area is 142 Å². The van der Waals surface area contributed by atoms with Crippen molar-refractivity contribution in [2.75, 3.05) is 13.2 Å². The summed E-state index contributed by atoms with van der Waals surface area (Å²) in [7, 11) is 3.67. The first-order valence-corrected chi connectivity index (χ1v) is 10.2. The topological polar surface area (TPSA) is 35.2 Å². The molecule has 0 aliphatic heterocycles. The fourth-order valence-corrected chi connectivity index (χ4v) is 3.52. The first-order valence-electron chi connectivity index (χ1n) is 8.03. The maximum atomic E-state index is 5.85. The van der Waals surface area contributed by atoms with E-state index in [2.05, 4.69) is 46.5 Å². The van der Waals surface area contributed by atoms with Crippen LogP contribution in [0.25, 0.3) is 0 Å². The Kier molecular flexibility index (Phi) is 16.8. The summed E-state index contributed by atoms with van der Waals surface area (Å²) < 4.78 is 6.09. The van der Waals surface area contributed by atoms with E-state index in [-0.39, 0.29) is 11.6 Å². The van der Waals surface area contributed by atoms with E-state index in [1.54, 1.807) is 10.8 Å². The summed E-state index contributed by atoms with van der Waals surface area (Å²) in [4.78, 5) is 0. The molecule has 0 bridgehead atoms. The molecule has 4 heteroatoms. The van der Waals surface area contributed by atoms with Crippen molar-refractivity contribution in [2.24, 2.45) is 11.7 Å². The molecule has 0 aliphatic carbocycles. The van der Waals surface area contributed by atoms with Gasteiger partial charge in [-0.25, -0.2) is 0 Å². The van der Waals surface area contributed by atoms with Crippen molar-refractivity contribution in [1.29, 1.82) is 0 Å². The molecule has 0 aromatic carbocycles. The van der Waals surface area contributed by atoms with Crippen molar-refractivity contribution in [1.82, 2.24) is 0 Å². The molecule has 21 heavy (non-hydrogen) atoms. The lowest BCUT2D eigenvalue weighted by molar-refractivity contribution is 0.137. The quantitative estimate of drug-likeness (QED) is 0.357. The van der Waals surface area contributed by atoms with Crippen LogP contribution in [0, 0.1) is 17.8 Å². The Hall–Kier alpha value is 0.180. The van der Waals surface area contributed by atoms with Crippen LogP contribution in [-0.4, -0.2) is 23.3 Å². The van der Waals surface area contributed by atoms with E-state index in [0.29, 0.717) is 12.5 Å². The Balaban J connectivity index is -0.00000115. The van der Waals surface area contributed by atoms with Crippen molar-refractivity contribution in [3.63, 3.8) is 0 Å². The fourth-order valence-electron chi connectivity index (χ4n) is 1.09. The van der Waals surface area contributed by atoms with Crippen LogP contribution < -0.4 is 5.73 Å². The zero-order chi connectivity index (χ0) is 16.7. The normalized spacial score (nSPS) is 13.5. The van der Waals surface area contributed by atoms with E-state index in [0.717, 1.165) is 25.8 Å². The fraction of sp³-hybridized carbons (Fsp3) is 0.882. The lowest BCUT2D eigenvalue weighted by Gasteiger charge is -2.21. The van der Waals surface area contributed by atoms with Gasteiger partial charge in [-0.1, -0.05) is 81.9 Å². The molecule has 2 nitrogen and oxygen atoms in total. The van der Waals surface area contributed by atoms with Crippen LogP contribution in [0.4, 0.5) is 0 Å². The Morgan fingerprint density at radius 3 is 2.38 bits per heavy atom. The Morgan fingerprint density at radius 1 is 1.29 bits per heavy atom. The smallest absolute Gasteiger partial charge is 0.114 e. The number of nitrogens with two attached hydrogens (primary N) is 1. The average molecular weight is 336 g/mol. The molecule has 0 amide bonds. The third kappa shape index (κ3) is 18.1. The molecule has 0 saturated heterocycles. The summed E-state index contributed by atoms with van der Waals surface area (Å²) in [6.45, 7) is 16.2. The van der Waals surface area contributed by atoms with Gasteiger partial charge in [-0.2, -0.15) is 0 Å². The minimum Gasteiger partial charge on any atom is -0.354 e. The highest BCUT2D eigenvalue weighted by molar-refractivity contribution is 8.77. The number of hydrogen-bond donors (Lipinski definition) is 1.